The van der Waals surface area contributed by atoms with Crippen molar-refractivity contribution < 1.29 is 19.1 Å². The molecule has 0 aliphatic heterocycles. The van der Waals surface area contributed by atoms with Gasteiger partial charge >= 0.3 is 11.9 Å². The Bertz CT molecular complexity index is 323. The fourth-order valence-corrected chi connectivity index (χ4v) is 1.39. The van der Waals surface area contributed by atoms with E-state index in [4.69, 9.17) is 9.47 Å². The van der Waals surface area contributed by atoms with Gasteiger partial charge < -0.3 is 9.47 Å². The lowest BCUT2D eigenvalue weighted by molar-refractivity contribution is -0.150. The van der Waals surface area contributed by atoms with E-state index in [0.29, 0.717) is 26.1 Å². The molecule has 0 rings (SSSR count). The van der Waals surface area contributed by atoms with E-state index in [-0.39, 0.29) is 24.8 Å². The predicted molar refractivity (Wildman–Crippen MR) is 79.2 cm³/mol. The number of esters is 2. The maximum Gasteiger partial charge on any atom is 0.306 e. The van der Waals surface area contributed by atoms with Crippen LogP contribution in [0.4, 0.5) is 0 Å². The molecule has 0 atom stereocenters. The Morgan fingerprint density at radius 3 is 1.40 bits per heavy atom. The Labute approximate surface area is 121 Å². The van der Waals surface area contributed by atoms with Crippen LogP contribution >= 0.6 is 0 Å². The summed E-state index contributed by atoms with van der Waals surface area (Å²) < 4.78 is 10.00. The van der Waals surface area contributed by atoms with Gasteiger partial charge in [0, 0.05) is 0 Å². The second-order valence-corrected chi connectivity index (χ2v) is 5.08. The molecule has 4 nitrogen and oxygen atoms in total. The molecule has 0 heterocycles. The van der Waals surface area contributed by atoms with Crippen LogP contribution in [0.15, 0.2) is 23.3 Å². The Balaban J connectivity index is 3.61. The van der Waals surface area contributed by atoms with E-state index in [2.05, 4.69) is 0 Å². The first-order chi connectivity index (χ1) is 9.41. The highest BCUT2D eigenvalue weighted by molar-refractivity contribution is 5.77. The van der Waals surface area contributed by atoms with E-state index < -0.39 is 0 Å². The molecule has 0 saturated heterocycles. The molecule has 0 aliphatic carbocycles. The number of allylic oxidation sites excluding steroid dienone is 2. The highest BCUT2D eigenvalue weighted by atomic mass is 16.5. The number of rotatable bonds is 9. The SMILES string of the molecule is CC(C)=CCCOC(=O)CCC(=O)OCCC=C(C)C. The molecule has 0 saturated carbocycles. The number of carbonyl (C=O) groups excluding carboxylic acids is 2. The van der Waals surface area contributed by atoms with Crippen molar-refractivity contribution in [3.8, 4) is 0 Å². The zero-order valence-corrected chi connectivity index (χ0v) is 13.0. The van der Waals surface area contributed by atoms with Gasteiger partial charge in [0.2, 0.25) is 0 Å². The van der Waals surface area contributed by atoms with Crippen molar-refractivity contribution in [1.29, 1.82) is 0 Å². The van der Waals surface area contributed by atoms with Crippen molar-refractivity contribution in [2.75, 3.05) is 13.2 Å². The molecule has 0 unspecified atom stereocenters. The molecule has 114 valence electrons. The second-order valence-electron chi connectivity index (χ2n) is 5.08. The summed E-state index contributed by atoms with van der Waals surface area (Å²) in [6, 6.07) is 0. The van der Waals surface area contributed by atoms with Crippen molar-refractivity contribution in [1.82, 2.24) is 0 Å². The maximum absolute atomic E-state index is 11.4. The van der Waals surface area contributed by atoms with Gasteiger partial charge in [-0.15, -0.1) is 0 Å². The Hall–Kier alpha value is -1.58. The second kappa shape index (κ2) is 11.3. The largest absolute Gasteiger partial charge is 0.465 e. The van der Waals surface area contributed by atoms with Crippen LogP contribution in [0.3, 0.4) is 0 Å². The van der Waals surface area contributed by atoms with Crippen LogP contribution in [0.2, 0.25) is 0 Å². The van der Waals surface area contributed by atoms with Gasteiger partial charge in [-0.3, -0.25) is 9.59 Å². The lowest BCUT2D eigenvalue weighted by Crippen LogP contribution is -2.11. The van der Waals surface area contributed by atoms with Crippen molar-refractivity contribution in [3.63, 3.8) is 0 Å². The zero-order valence-electron chi connectivity index (χ0n) is 13.0. The molecule has 0 aromatic rings. The average molecular weight is 282 g/mol. The third kappa shape index (κ3) is 12.9. The topological polar surface area (TPSA) is 52.6 Å². The maximum atomic E-state index is 11.4. The number of hydrogen-bond donors (Lipinski definition) is 0. The van der Waals surface area contributed by atoms with Gasteiger partial charge in [0.05, 0.1) is 26.1 Å². The monoisotopic (exact) mass is 282 g/mol. The summed E-state index contributed by atoms with van der Waals surface area (Å²) in [5.41, 5.74) is 2.39. The summed E-state index contributed by atoms with van der Waals surface area (Å²) >= 11 is 0. The van der Waals surface area contributed by atoms with Crippen molar-refractivity contribution >= 4 is 11.9 Å². The summed E-state index contributed by atoms with van der Waals surface area (Å²) in [6.45, 7) is 8.69. The Morgan fingerprint density at radius 1 is 0.750 bits per heavy atom. The lowest BCUT2D eigenvalue weighted by Gasteiger charge is -2.04. The molecule has 0 fully saturated rings. The summed E-state index contributed by atoms with van der Waals surface area (Å²) in [5.74, 6) is -0.707. The predicted octanol–water partition coefficient (Wildman–Crippen LogP) is 3.57. The van der Waals surface area contributed by atoms with E-state index >= 15 is 0 Å². The normalized spacial score (nSPS) is 9.60. The first-order valence-corrected chi connectivity index (χ1v) is 6.99. The van der Waals surface area contributed by atoms with Crippen molar-refractivity contribution in [3.05, 3.63) is 23.3 Å². The van der Waals surface area contributed by atoms with Crippen molar-refractivity contribution in [2.24, 2.45) is 0 Å². The number of carbonyl (C=O) groups is 2. The van der Waals surface area contributed by atoms with Crippen molar-refractivity contribution in [2.45, 2.75) is 53.4 Å². The molecule has 0 aromatic heterocycles. The van der Waals surface area contributed by atoms with Gasteiger partial charge in [0.25, 0.3) is 0 Å². The minimum atomic E-state index is -0.353. The highest BCUT2D eigenvalue weighted by Crippen LogP contribution is 2.00. The van der Waals surface area contributed by atoms with E-state index in [0.717, 1.165) is 0 Å². The van der Waals surface area contributed by atoms with E-state index in [1.54, 1.807) is 0 Å². The van der Waals surface area contributed by atoms with Crippen LogP contribution in [0.5, 0.6) is 0 Å². The van der Waals surface area contributed by atoms with Gasteiger partial charge in [0.15, 0.2) is 0 Å². The van der Waals surface area contributed by atoms with Gasteiger partial charge in [-0.1, -0.05) is 23.3 Å². The minimum absolute atomic E-state index is 0.0797. The molecular formula is C16H26O4. The molecular weight excluding hydrogens is 256 g/mol. The van der Waals surface area contributed by atoms with Crippen LogP contribution in [0.1, 0.15) is 53.4 Å². The van der Waals surface area contributed by atoms with E-state index in [1.165, 1.54) is 11.1 Å². The molecule has 0 spiro atoms. The van der Waals surface area contributed by atoms with Gasteiger partial charge in [-0.2, -0.15) is 0 Å². The Morgan fingerprint density at radius 2 is 1.10 bits per heavy atom. The van der Waals surface area contributed by atoms with E-state index in [1.807, 2.05) is 39.8 Å². The fraction of sp³-hybridized carbons (Fsp3) is 0.625. The molecule has 0 N–H and O–H groups in total. The molecule has 0 aliphatic rings. The first kappa shape index (κ1) is 18.4. The van der Waals surface area contributed by atoms with Crippen LogP contribution in [0, 0.1) is 0 Å². The van der Waals surface area contributed by atoms with Crippen LogP contribution in [-0.4, -0.2) is 25.2 Å². The Kier molecular flexibility index (Phi) is 10.4. The average Bonchev–Trinajstić information content (AvgIpc) is 2.37. The van der Waals surface area contributed by atoms with Gasteiger partial charge in [-0.05, 0) is 40.5 Å². The molecule has 0 amide bonds. The first-order valence-electron chi connectivity index (χ1n) is 6.99. The zero-order chi connectivity index (χ0) is 15.4. The molecule has 0 bridgehead atoms. The number of ether oxygens (including phenoxy) is 2. The van der Waals surface area contributed by atoms with Gasteiger partial charge in [0.1, 0.15) is 0 Å². The molecule has 0 radical (unpaired) electrons. The third-order valence-electron chi connectivity index (χ3n) is 2.40. The molecule has 20 heavy (non-hydrogen) atoms. The van der Waals surface area contributed by atoms with Crippen LogP contribution < -0.4 is 0 Å². The lowest BCUT2D eigenvalue weighted by atomic mass is 10.3. The minimum Gasteiger partial charge on any atom is -0.465 e. The highest BCUT2D eigenvalue weighted by Gasteiger charge is 2.08. The molecule has 4 heteroatoms. The summed E-state index contributed by atoms with van der Waals surface area (Å²) in [7, 11) is 0. The summed E-state index contributed by atoms with van der Waals surface area (Å²) in [4.78, 5) is 22.7. The van der Waals surface area contributed by atoms with Gasteiger partial charge in [-0.25, -0.2) is 0 Å². The summed E-state index contributed by atoms with van der Waals surface area (Å²) in [6.07, 6.45) is 5.59. The fourth-order valence-electron chi connectivity index (χ4n) is 1.39. The smallest absolute Gasteiger partial charge is 0.306 e. The van der Waals surface area contributed by atoms with E-state index in [9.17, 15) is 9.59 Å². The van der Waals surface area contributed by atoms with Crippen LogP contribution in [0.25, 0.3) is 0 Å². The number of hydrogen-bond acceptors (Lipinski definition) is 4. The summed E-state index contributed by atoms with van der Waals surface area (Å²) in [5, 5.41) is 0. The van der Waals surface area contributed by atoms with Crippen LogP contribution in [-0.2, 0) is 19.1 Å². The standard InChI is InChI=1S/C16H26O4/c1-13(2)7-5-11-19-15(17)9-10-16(18)20-12-6-8-14(3)4/h7-8H,5-6,9-12H2,1-4H3. The quantitative estimate of drug-likeness (QED) is 0.368. The third-order valence-corrected chi connectivity index (χ3v) is 2.40. The molecule has 0 aromatic carbocycles.